The molecule has 1 N–H and O–H groups in total. The fourth-order valence-electron chi connectivity index (χ4n) is 4.39. The Kier molecular flexibility index (Phi) is 9.46. The number of ether oxygens (including phenoxy) is 3. The van der Waals surface area contributed by atoms with Crippen LogP contribution in [-0.2, 0) is 0 Å². The number of hydrogen-bond donors (Lipinski definition) is 1. The second kappa shape index (κ2) is 12.5. The Hall–Kier alpha value is -3.16. The summed E-state index contributed by atoms with van der Waals surface area (Å²) in [6.07, 6.45) is 9.42. The molecule has 0 aliphatic carbocycles. The molecule has 2 heterocycles. The molecule has 0 atom stereocenters. The highest BCUT2D eigenvalue weighted by atomic mass is 35.5. The van der Waals surface area contributed by atoms with Gasteiger partial charge in [0.05, 0.1) is 25.9 Å². The molecule has 0 unspecified atom stereocenters. The number of methoxy groups -OCH3 is 2. The number of rotatable bonds is 9. The van der Waals surface area contributed by atoms with Gasteiger partial charge in [-0.25, -0.2) is 0 Å². The van der Waals surface area contributed by atoms with E-state index in [1.165, 1.54) is 52.2 Å². The summed E-state index contributed by atoms with van der Waals surface area (Å²) in [5.41, 5.74) is 1.26. The number of halogens is 1. The van der Waals surface area contributed by atoms with Crippen LogP contribution in [0.2, 0.25) is 0 Å². The zero-order valence-electron chi connectivity index (χ0n) is 20.1. The zero-order valence-corrected chi connectivity index (χ0v) is 20.9. The molecule has 1 aliphatic rings. The van der Waals surface area contributed by atoms with E-state index < -0.39 is 0 Å². The van der Waals surface area contributed by atoms with Crippen molar-refractivity contribution in [3.05, 3.63) is 53.8 Å². The van der Waals surface area contributed by atoms with Gasteiger partial charge in [0.2, 0.25) is 5.75 Å². The molecule has 0 saturated carbocycles. The smallest absolute Gasteiger partial charge is 0.205 e. The Morgan fingerprint density at radius 1 is 1.03 bits per heavy atom. The Bertz CT molecular complexity index is 1160. The minimum absolute atomic E-state index is 0. The van der Waals surface area contributed by atoms with Gasteiger partial charge in [0.1, 0.15) is 23.7 Å². The molecule has 1 aliphatic heterocycles. The standard InChI is InChI=1S/C27H31NO6.ClH/c1-31-24-20-13-17-33-25(20)27(32-2)26(34-18-16-28-14-7-3-4-8-15-28)23(24)22(30)12-11-19-9-5-6-10-21(19)29;/h5-6,9-13,17,29H,3-4,7-8,14-16,18H2,1-2H3;1H/b12-11-;. The van der Waals surface area contributed by atoms with Crippen LogP contribution in [0.3, 0.4) is 0 Å². The van der Waals surface area contributed by atoms with Crippen molar-refractivity contribution in [3.63, 3.8) is 0 Å². The van der Waals surface area contributed by atoms with Crippen LogP contribution >= 0.6 is 12.4 Å². The Morgan fingerprint density at radius 2 is 1.74 bits per heavy atom. The lowest BCUT2D eigenvalue weighted by Crippen LogP contribution is -2.29. The molecular weight excluding hydrogens is 470 g/mol. The van der Waals surface area contributed by atoms with Crippen LogP contribution in [-0.4, -0.2) is 56.3 Å². The molecule has 0 amide bonds. The van der Waals surface area contributed by atoms with Gasteiger partial charge in [-0.15, -0.1) is 12.4 Å². The first-order valence-electron chi connectivity index (χ1n) is 11.6. The van der Waals surface area contributed by atoms with Gasteiger partial charge in [-0.05, 0) is 50.2 Å². The number of likely N-dealkylation sites (tertiary alicyclic amines) is 1. The Morgan fingerprint density at radius 3 is 2.43 bits per heavy atom. The van der Waals surface area contributed by atoms with Gasteiger partial charge in [-0.2, -0.15) is 0 Å². The number of carbonyl (C=O) groups excluding carboxylic acids is 1. The molecule has 1 saturated heterocycles. The lowest BCUT2D eigenvalue weighted by Gasteiger charge is -2.22. The number of furan rings is 1. The number of phenolic OH excluding ortho intramolecular Hbond substituents is 1. The average molecular weight is 502 g/mol. The molecule has 188 valence electrons. The molecule has 4 rings (SSSR count). The maximum atomic E-state index is 13.4. The van der Waals surface area contributed by atoms with Crippen LogP contribution in [0.4, 0.5) is 0 Å². The zero-order chi connectivity index (χ0) is 23.9. The minimum Gasteiger partial charge on any atom is -0.507 e. The van der Waals surface area contributed by atoms with Crippen molar-refractivity contribution in [2.45, 2.75) is 25.7 Å². The number of aromatic hydroxyl groups is 1. The SMILES string of the molecule is COc1c(C(=O)/C=C\c2ccccc2O)c(OCCN2CCCCCC2)c(OC)c2occc12.Cl. The largest absolute Gasteiger partial charge is 0.507 e. The van der Waals surface area contributed by atoms with Crippen molar-refractivity contribution >= 4 is 35.2 Å². The fourth-order valence-corrected chi connectivity index (χ4v) is 4.39. The number of allylic oxidation sites excluding steroid dienone is 1. The van der Waals surface area contributed by atoms with Crippen LogP contribution in [0.25, 0.3) is 17.0 Å². The third-order valence-electron chi connectivity index (χ3n) is 6.13. The number of para-hydroxylation sites is 1. The van der Waals surface area contributed by atoms with Crippen molar-refractivity contribution in [1.29, 1.82) is 0 Å². The molecule has 2 aromatic carbocycles. The summed E-state index contributed by atoms with van der Waals surface area (Å²) in [7, 11) is 3.04. The van der Waals surface area contributed by atoms with Crippen LogP contribution < -0.4 is 14.2 Å². The summed E-state index contributed by atoms with van der Waals surface area (Å²) >= 11 is 0. The molecule has 35 heavy (non-hydrogen) atoms. The lowest BCUT2D eigenvalue weighted by molar-refractivity contribution is 0.103. The third kappa shape index (κ3) is 5.92. The van der Waals surface area contributed by atoms with Gasteiger partial charge >= 0.3 is 0 Å². The molecule has 0 bridgehead atoms. The quantitative estimate of drug-likeness (QED) is 0.296. The molecular formula is C27H32ClNO6. The van der Waals surface area contributed by atoms with E-state index in [2.05, 4.69) is 4.90 Å². The first-order chi connectivity index (χ1) is 16.6. The van der Waals surface area contributed by atoms with Gasteiger partial charge < -0.3 is 23.7 Å². The van der Waals surface area contributed by atoms with Crippen LogP contribution in [0.5, 0.6) is 23.0 Å². The monoisotopic (exact) mass is 501 g/mol. The topological polar surface area (TPSA) is 81.4 Å². The van der Waals surface area contributed by atoms with Gasteiger partial charge in [0.25, 0.3) is 0 Å². The normalized spacial score (nSPS) is 14.5. The molecule has 1 fully saturated rings. The number of benzene rings is 2. The highest BCUT2D eigenvalue weighted by molar-refractivity contribution is 6.15. The summed E-state index contributed by atoms with van der Waals surface area (Å²) in [6, 6.07) is 8.56. The van der Waals surface area contributed by atoms with Crippen molar-refractivity contribution in [3.8, 4) is 23.0 Å². The average Bonchev–Trinajstić information content (AvgIpc) is 3.18. The highest BCUT2D eigenvalue weighted by Crippen LogP contribution is 2.46. The summed E-state index contributed by atoms with van der Waals surface area (Å²) in [5, 5.41) is 10.7. The molecule has 7 nitrogen and oxygen atoms in total. The second-order valence-corrected chi connectivity index (χ2v) is 8.29. The van der Waals surface area contributed by atoms with Gasteiger partial charge in [-0.1, -0.05) is 31.0 Å². The van der Waals surface area contributed by atoms with Crippen molar-refractivity contribution in [1.82, 2.24) is 4.90 Å². The summed E-state index contributed by atoms with van der Waals surface area (Å²) in [4.78, 5) is 15.8. The van der Waals surface area contributed by atoms with Crippen molar-refractivity contribution in [2.24, 2.45) is 0 Å². The van der Waals surface area contributed by atoms with Gasteiger partial charge in [-0.3, -0.25) is 9.69 Å². The first kappa shape index (κ1) is 26.4. The van der Waals surface area contributed by atoms with Crippen molar-refractivity contribution in [2.75, 3.05) is 40.5 Å². The summed E-state index contributed by atoms with van der Waals surface area (Å²) in [6.45, 7) is 3.25. The van der Waals surface area contributed by atoms with E-state index in [0.717, 1.165) is 19.6 Å². The number of phenols is 1. The van der Waals surface area contributed by atoms with Crippen LogP contribution in [0.1, 0.15) is 41.6 Å². The summed E-state index contributed by atoms with van der Waals surface area (Å²) in [5.74, 6) is 0.780. The number of nitrogens with zero attached hydrogens (tertiary/aromatic N) is 1. The van der Waals surface area contributed by atoms with Gasteiger partial charge in [0.15, 0.2) is 17.1 Å². The maximum Gasteiger partial charge on any atom is 0.205 e. The number of fused-ring (bicyclic) bond motifs is 1. The van der Waals surface area contributed by atoms with E-state index in [-0.39, 0.29) is 29.5 Å². The highest BCUT2D eigenvalue weighted by Gasteiger charge is 2.28. The lowest BCUT2D eigenvalue weighted by atomic mass is 10.0. The van der Waals surface area contributed by atoms with E-state index in [4.69, 9.17) is 18.6 Å². The molecule has 8 heteroatoms. The third-order valence-corrected chi connectivity index (χ3v) is 6.13. The van der Waals surface area contributed by atoms with Gasteiger partial charge in [0, 0.05) is 12.1 Å². The number of hydrogen-bond acceptors (Lipinski definition) is 7. The maximum absolute atomic E-state index is 13.4. The molecule has 3 aromatic rings. The van der Waals surface area contributed by atoms with E-state index in [1.807, 2.05) is 0 Å². The van der Waals surface area contributed by atoms with Crippen molar-refractivity contribution < 1.29 is 28.5 Å². The Balaban J connectivity index is 0.00000342. The minimum atomic E-state index is -0.328. The van der Waals surface area contributed by atoms with Crippen LogP contribution in [0, 0.1) is 0 Å². The molecule has 1 aromatic heterocycles. The number of carbonyl (C=O) groups is 1. The fraction of sp³-hybridized carbons (Fsp3) is 0.370. The predicted molar refractivity (Wildman–Crippen MR) is 138 cm³/mol. The Labute approximate surface area is 211 Å². The van der Waals surface area contributed by atoms with E-state index in [1.54, 1.807) is 36.4 Å². The van der Waals surface area contributed by atoms with E-state index in [0.29, 0.717) is 40.4 Å². The van der Waals surface area contributed by atoms with E-state index in [9.17, 15) is 9.90 Å². The first-order valence-corrected chi connectivity index (χ1v) is 11.6. The predicted octanol–water partition coefficient (Wildman–Crippen LogP) is 5.73. The second-order valence-electron chi connectivity index (χ2n) is 8.29. The van der Waals surface area contributed by atoms with E-state index >= 15 is 0 Å². The summed E-state index contributed by atoms with van der Waals surface area (Å²) < 4.78 is 23.2. The molecule has 0 radical (unpaired) electrons. The van der Waals surface area contributed by atoms with Crippen LogP contribution in [0.15, 0.2) is 47.1 Å². The molecule has 0 spiro atoms. The number of ketones is 1.